The molecule has 6 heteroatoms. The van der Waals surface area contributed by atoms with Gasteiger partial charge >= 0.3 is 16.1 Å². The number of methoxy groups -OCH3 is 1. The second-order valence-electron chi connectivity index (χ2n) is 3.03. The van der Waals surface area contributed by atoms with Crippen LogP contribution in [0, 0.1) is 0 Å². The standard InChI is InChI=1S/C8H12O5S/c1-12-8(9)6-4-3-5-7(6)13-14(2,10)11/h3-5H2,1-2H3. The third-order valence-electron chi connectivity index (χ3n) is 1.85. The molecule has 0 spiro atoms. The molecule has 0 aromatic carbocycles. The highest BCUT2D eigenvalue weighted by Crippen LogP contribution is 2.28. The smallest absolute Gasteiger partial charge is 0.337 e. The molecule has 5 nitrogen and oxygen atoms in total. The topological polar surface area (TPSA) is 69.7 Å². The lowest BCUT2D eigenvalue weighted by Gasteiger charge is -2.05. The molecular formula is C8H12O5S. The summed E-state index contributed by atoms with van der Waals surface area (Å²) in [4.78, 5) is 11.2. The zero-order valence-electron chi connectivity index (χ0n) is 8.07. The van der Waals surface area contributed by atoms with Gasteiger partial charge in [-0.2, -0.15) is 8.42 Å². The third kappa shape index (κ3) is 2.73. The molecule has 0 fully saturated rings. The molecule has 0 aromatic rings. The van der Waals surface area contributed by atoms with E-state index in [1.165, 1.54) is 7.11 Å². The van der Waals surface area contributed by atoms with Gasteiger partial charge < -0.3 is 8.92 Å². The second-order valence-corrected chi connectivity index (χ2v) is 4.61. The molecule has 0 heterocycles. The van der Waals surface area contributed by atoms with Crippen molar-refractivity contribution in [1.82, 2.24) is 0 Å². The summed E-state index contributed by atoms with van der Waals surface area (Å²) in [5, 5.41) is 0. The van der Waals surface area contributed by atoms with Gasteiger partial charge in [0.25, 0.3) is 0 Å². The van der Waals surface area contributed by atoms with Gasteiger partial charge in [0.2, 0.25) is 0 Å². The maximum atomic E-state index is 11.2. The van der Waals surface area contributed by atoms with E-state index in [9.17, 15) is 13.2 Å². The number of ether oxygens (including phenoxy) is 1. The first kappa shape index (κ1) is 11.0. The molecule has 80 valence electrons. The predicted molar refractivity (Wildman–Crippen MR) is 48.8 cm³/mol. The Hall–Kier alpha value is -1.04. The van der Waals surface area contributed by atoms with E-state index in [-0.39, 0.29) is 5.76 Å². The molecule has 0 aliphatic heterocycles. The molecular weight excluding hydrogens is 208 g/mol. The molecule has 0 amide bonds. The first-order valence-corrected chi connectivity index (χ1v) is 5.95. The van der Waals surface area contributed by atoms with Crippen LogP contribution in [0.25, 0.3) is 0 Å². The summed E-state index contributed by atoms with van der Waals surface area (Å²) in [7, 11) is -2.29. The molecule has 1 aliphatic rings. The first-order chi connectivity index (χ1) is 6.44. The number of hydrogen-bond donors (Lipinski definition) is 0. The molecule has 0 saturated carbocycles. The van der Waals surface area contributed by atoms with Crippen LogP contribution < -0.4 is 0 Å². The van der Waals surface area contributed by atoms with Crippen molar-refractivity contribution in [2.45, 2.75) is 19.3 Å². The van der Waals surface area contributed by atoms with Crippen molar-refractivity contribution in [3.8, 4) is 0 Å². The van der Waals surface area contributed by atoms with E-state index in [1.54, 1.807) is 0 Å². The van der Waals surface area contributed by atoms with Gasteiger partial charge in [-0.05, 0) is 12.8 Å². The maximum absolute atomic E-state index is 11.2. The number of carbonyl (C=O) groups is 1. The van der Waals surface area contributed by atoms with Crippen LogP contribution in [-0.2, 0) is 23.8 Å². The Morgan fingerprint density at radius 2 is 2.00 bits per heavy atom. The minimum Gasteiger partial charge on any atom is -0.466 e. The Labute approximate surface area is 82.8 Å². The van der Waals surface area contributed by atoms with Crippen molar-refractivity contribution < 1.29 is 22.1 Å². The largest absolute Gasteiger partial charge is 0.466 e. The van der Waals surface area contributed by atoms with Crippen LogP contribution in [0.4, 0.5) is 0 Å². The molecule has 0 unspecified atom stereocenters. The monoisotopic (exact) mass is 220 g/mol. The molecule has 14 heavy (non-hydrogen) atoms. The fourth-order valence-electron chi connectivity index (χ4n) is 1.33. The van der Waals surface area contributed by atoms with Gasteiger partial charge in [-0.15, -0.1) is 0 Å². The van der Waals surface area contributed by atoms with Gasteiger partial charge in [-0.25, -0.2) is 4.79 Å². The van der Waals surface area contributed by atoms with E-state index in [2.05, 4.69) is 8.92 Å². The number of esters is 1. The lowest BCUT2D eigenvalue weighted by molar-refractivity contribution is -0.136. The van der Waals surface area contributed by atoms with Crippen molar-refractivity contribution in [2.24, 2.45) is 0 Å². The summed E-state index contributed by atoms with van der Waals surface area (Å²) in [6, 6.07) is 0. The van der Waals surface area contributed by atoms with Crippen molar-refractivity contribution in [3.05, 3.63) is 11.3 Å². The molecule has 0 bridgehead atoms. The maximum Gasteiger partial charge on any atom is 0.337 e. The minimum absolute atomic E-state index is 0.222. The van der Waals surface area contributed by atoms with Gasteiger partial charge in [0.15, 0.2) is 0 Å². The van der Waals surface area contributed by atoms with Crippen LogP contribution in [-0.4, -0.2) is 27.8 Å². The molecule has 0 N–H and O–H groups in total. The van der Waals surface area contributed by atoms with E-state index in [0.29, 0.717) is 18.4 Å². The lowest BCUT2D eigenvalue weighted by atomic mass is 10.2. The van der Waals surface area contributed by atoms with Crippen LogP contribution >= 0.6 is 0 Å². The fourth-order valence-corrected chi connectivity index (χ4v) is 1.88. The third-order valence-corrected chi connectivity index (χ3v) is 2.35. The van der Waals surface area contributed by atoms with Gasteiger partial charge in [-0.1, -0.05) is 0 Å². The van der Waals surface area contributed by atoms with Crippen molar-refractivity contribution >= 4 is 16.1 Å². The van der Waals surface area contributed by atoms with E-state index < -0.39 is 16.1 Å². The SMILES string of the molecule is COC(=O)C1=C(OS(C)(=O)=O)CCC1. The van der Waals surface area contributed by atoms with Gasteiger partial charge in [-0.3, -0.25) is 0 Å². The highest BCUT2D eigenvalue weighted by atomic mass is 32.2. The van der Waals surface area contributed by atoms with Crippen molar-refractivity contribution in [3.63, 3.8) is 0 Å². The van der Waals surface area contributed by atoms with Crippen LogP contribution in [0.15, 0.2) is 11.3 Å². The summed E-state index contributed by atoms with van der Waals surface area (Å²) < 4.78 is 30.9. The fraction of sp³-hybridized carbons (Fsp3) is 0.625. The summed E-state index contributed by atoms with van der Waals surface area (Å²) in [6.45, 7) is 0. The normalized spacial score (nSPS) is 17.0. The molecule has 0 atom stereocenters. The molecule has 1 aliphatic carbocycles. The van der Waals surface area contributed by atoms with E-state index in [1.807, 2.05) is 0 Å². The Morgan fingerprint density at radius 3 is 2.50 bits per heavy atom. The molecule has 0 saturated heterocycles. The van der Waals surface area contributed by atoms with Crippen LogP contribution in [0.1, 0.15) is 19.3 Å². The number of allylic oxidation sites excluding steroid dienone is 1. The Balaban J connectivity index is 2.89. The summed E-state index contributed by atoms with van der Waals surface area (Å²) in [5.74, 6) is -0.291. The van der Waals surface area contributed by atoms with Crippen LogP contribution in [0.2, 0.25) is 0 Å². The molecule has 0 radical (unpaired) electrons. The lowest BCUT2D eigenvalue weighted by Crippen LogP contribution is -2.08. The van der Waals surface area contributed by atoms with E-state index >= 15 is 0 Å². The Morgan fingerprint density at radius 1 is 1.36 bits per heavy atom. The van der Waals surface area contributed by atoms with Crippen molar-refractivity contribution in [2.75, 3.05) is 13.4 Å². The van der Waals surface area contributed by atoms with Crippen molar-refractivity contribution in [1.29, 1.82) is 0 Å². The predicted octanol–water partition coefficient (Wildman–Crippen LogP) is 0.574. The van der Waals surface area contributed by atoms with Gasteiger partial charge in [0.1, 0.15) is 5.76 Å². The van der Waals surface area contributed by atoms with Gasteiger partial charge in [0, 0.05) is 6.42 Å². The number of rotatable bonds is 3. The zero-order chi connectivity index (χ0) is 10.8. The minimum atomic E-state index is -3.55. The zero-order valence-corrected chi connectivity index (χ0v) is 8.89. The second kappa shape index (κ2) is 4.00. The van der Waals surface area contributed by atoms with E-state index in [4.69, 9.17) is 0 Å². The number of carbonyl (C=O) groups excluding carboxylic acids is 1. The summed E-state index contributed by atoms with van der Waals surface area (Å²) in [6.07, 6.45) is 2.65. The van der Waals surface area contributed by atoms with E-state index in [0.717, 1.165) is 12.7 Å². The average molecular weight is 220 g/mol. The Kier molecular flexibility index (Phi) is 3.15. The molecule has 0 aromatic heterocycles. The highest BCUT2D eigenvalue weighted by Gasteiger charge is 2.25. The first-order valence-electron chi connectivity index (χ1n) is 4.14. The Bertz CT molecular complexity index is 365. The summed E-state index contributed by atoms with van der Waals surface area (Å²) in [5.41, 5.74) is 0.331. The summed E-state index contributed by atoms with van der Waals surface area (Å²) >= 11 is 0. The van der Waals surface area contributed by atoms with Crippen LogP contribution in [0.3, 0.4) is 0 Å². The number of hydrogen-bond acceptors (Lipinski definition) is 5. The average Bonchev–Trinajstić information content (AvgIpc) is 2.48. The highest BCUT2D eigenvalue weighted by molar-refractivity contribution is 7.86. The van der Waals surface area contributed by atoms with Crippen LogP contribution in [0.5, 0.6) is 0 Å². The quantitative estimate of drug-likeness (QED) is 0.514. The molecule has 1 rings (SSSR count). The van der Waals surface area contributed by atoms with Gasteiger partial charge in [0.05, 0.1) is 18.9 Å².